The van der Waals surface area contributed by atoms with Gasteiger partial charge in [0.25, 0.3) is 0 Å². The molecule has 6 nitrogen and oxygen atoms in total. The first-order chi connectivity index (χ1) is 11.8. The molecule has 1 saturated heterocycles. The zero-order valence-corrected chi connectivity index (χ0v) is 15.0. The molecule has 0 spiro atoms. The number of carboxylic acid groups (broad SMARTS) is 1. The molecule has 2 N–H and O–H groups in total. The minimum atomic E-state index is -0.796. The Balaban J connectivity index is 2.05. The molecule has 25 heavy (non-hydrogen) atoms. The number of carbonyl (C=O) groups excluding carboxylic acids is 2. The van der Waals surface area contributed by atoms with E-state index in [4.69, 9.17) is 0 Å². The Hall–Kier alpha value is -2.37. The largest absolute Gasteiger partial charge is 0.481 e. The van der Waals surface area contributed by atoms with Gasteiger partial charge in [-0.15, -0.1) is 0 Å². The molecule has 1 heterocycles. The van der Waals surface area contributed by atoms with Crippen molar-refractivity contribution in [3.05, 3.63) is 35.4 Å². The van der Waals surface area contributed by atoms with Gasteiger partial charge >= 0.3 is 5.97 Å². The number of aliphatic carboxylic acids is 1. The van der Waals surface area contributed by atoms with Crippen LogP contribution in [0.5, 0.6) is 0 Å². The normalized spacial score (nSPS) is 21.5. The first-order valence-corrected chi connectivity index (χ1v) is 8.62. The van der Waals surface area contributed by atoms with Crippen LogP contribution in [0.3, 0.4) is 0 Å². The third kappa shape index (κ3) is 5.05. The lowest BCUT2D eigenvalue weighted by atomic mass is 9.86. The number of rotatable bonds is 5. The van der Waals surface area contributed by atoms with Crippen molar-refractivity contribution < 1.29 is 19.5 Å². The van der Waals surface area contributed by atoms with Crippen molar-refractivity contribution >= 4 is 17.8 Å². The third-order valence-corrected chi connectivity index (χ3v) is 4.81. The molecule has 2 amide bonds. The molecule has 3 atom stereocenters. The summed E-state index contributed by atoms with van der Waals surface area (Å²) in [5, 5.41) is 12.0. The highest BCUT2D eigenvalue weighted by atomic mass is 16.4. The Labute approximate surface area is 148 Å². The number of benzene rings is 1. The zero-order valence-electron chi connectivity index (χ0n) is 15.0. The summed E-state index contributed by atoms with van der Waals surface area (Å²) in [4.78, 5) is 37.1. The van der Waals surface area contributed by atoms with E-state index in [1.165, 1.54) is 6.92 Å². The summed E-state index contributed by atoms with van der Waals surface area (Å²) in [6.07, 6.45) is 0.644. The fraction of sp³-hybridized carbons (Fsp3) is 0.526. The van der Waals surface area contributed by atoms with E-state index in [9.17, 15) is 19.5 Å². The van der Waals surface area contributed by atoms with Gasteiger partial charge in [0.15, 0.2) is 0 Å². The average molecular weight is 346 g/mol. The standard InChI is InChI=1S/C19H26N2O4/c1-12-4-6-15(7-5-12)17(20-14(3)22)10-18(23)21-9-8-16(19(24)25)13(2)11-21/h4-7,13,16-17H,8-11H2,1-3H3,(H,20,22)(H,24,25). The van der Waals surface area contributed by atoms with E-state index in [-0.39, 0.29) is 30.2 Å². The molecule has 1 aliphatic rings. The van der Waals surface area contributed by atoms with E-state index in [2.05, 4.69) is 5.32 Å². The van der Waals surface area contributed by atoms with Crippen molar-refractivity contribution in [1.82, 2.24) is 10.2 Å². The van der Waals surface area contributed by atoms with Crippen LogP contribution in [0, 0.1) is 18.8 Å². The van der Waals surface area contributed by atoms with Crippen molar-refractivity contribution in [2.24, 2.45) is 11.8 Å². The van der Waals surface area contributed by atoms with Crippen LogP contribution in [0.4, 0.5) is 0 Å². The lowest BCUT2D eigenvalue weighted by Crippen LogP contribution is -2.46. The van der Waals surface area contributed by atoms with Crippen LogP contribution < -0.4 is 5.32 Å². The second-order valence-electron chi connectivity index (χ2n) is 6.92. The molecule has 1 fully saturated rings. The number of carbonyl (C=O) groups is 3. The van der Waals surface area contributed by atoms with Gasteiger partial charge in [0, 0.05) is 20.0 Å². The van der Waals surface area contributed by atoms with Crippen molar-refractivity contribution in [3.8, 4) is 0 Å². The molecular weight excluding hydrogens is 320 g/mol. The molecule has 0 saturated carbocycles. The van der Waals surface area contributed by atoms with Gasteiger partial charge in [0.1, 0.15) is 0 Å². The maximum atomic E-state index is 12.7. The van der Waals surface area contributed by atoms with Gasteiger partial charge in [-0.05, 0) is 24.8 Å². The fourth-order valence-corrected chi connectivity index (χ4v) is 3.34. The smallest absolute Gasteiger partial charge is 0.306 e. The number of nitrogens with zero attached hydrogens (tertiary/aromatic N) is 1. The highest BCUT2D eigenvalue weighted by Gasteiger charge is 2.33. The van der Waals surface area contributed by atoms with Crippen molar-refractivity contribution in [2.75, 3.05) is 13.1 Å². The summed E-state index contributed by atoms with van der Waals surface area (Å²) in [5.74, 6) is -1.51. The lowest BCUT2D eigenvalue weighted by Gasteiger charge is -2.35. The number of piperidine rings is 1. The summed E-state index contributed by atoms with van der Waals surface area (Å²) in [7, 11) is 0. The van der Waals surface area contributed by atoms with Gasteiger partial charge in [-0.25, -0.2) is 0 Å². The average Bonchev–Trinajstić information content (AvgIpc) is 2.54. The Morgan fingerprint density at radius 2 is 1.92 bits per heavy atom. The van der Waals surface area contributed by atoms with E-state index in [0.29, 0.717) is 19.5 Å². The summed E-state index contributed by atoms with van der Waals surface area (Å²) < 4.78 is 0. The Morgan fingerprint density at radius 3 is 2.44 bits per heavy atom. The molecule has 0 aliphatic carbocycles. The molecule has 136 valence electrons. The van der Waals surface area contributed by atoms with Gasteiger partial charge in [0.05, 0.1) is 18.4 Å². The van der Waals surface area contributed by atoms with Crippen LogP contribution in [0.2, 0.25) is 0 Å². The van der Waals surface area contributed by atoms with Gasteiger partial charge in [-0.1, -0.05) is 36.8 Å². The molecule has 3 unspecified atom stereocenters. The van der Waals surface area contributed by atoms with Gasteiger partial charge in [-0.3, -0.25) is 14.4 Å². The predicted molar refractivity (Wildman–Crippen MR) is 93.8 cm³/mol. The summed E-state index contributed by atoms with van der Waals surface area (Å²) in [6, 6.07) is 7.37. The zero-order chi connectivity index (χ0) is 18.6. The number of aryl methyl sites for hydroxylation is 1. The van der Waals surface area contributed by atoms with E-state index >= 15 is 0 Å². The predicted octanol–water partition coefficient (Wildman–Crippen LogP) is 2.13. The molecular formula is C19H26N2O4. The Kier molecular flexibility index (Phi) is 6.17. The van der Waals surface area contributed by atoms with E-state index in [1.54, 1.807) is 4.90 Å². The van der Waals surface area contributed by atoms with Crippen molar-refractivity contribution in [3.63, 3.8) is 0 Å². The van der Waals surface area contributed by atoms with Crippen LogP contribution in [-0.4, -0.2) is 40.9 Å². The molecule has 1 aliphatic heterocycles. The number of hydrogen-bond acceptors (Lipinski definition) is 3. The SMILES string of the molecule is CC(=O)NC(CC(=O)N1CCC(C(=O)O)C(C)C1)c1ccc(C)cc1. The van der Waals surface area contributed by atoms with Crippen LogP contribution >= 0.6 is 0 Å². The molecule has 0 bridgehead atoms. The number of hydrogen-bond donors (Lipinski definition) is 2. The number of likely N-dealkylation sites (tertiary alicyclic amines) is 1. The lowest BCUT2D eigenvalue weighted by molar-refractivity contribution is -0.148. The second-order valence-corrected chi connectivity index (χ2v) is 6.92. The maximum Gasteiger partial charge on any atom is 0.306 e. The van der Waals surface area contributed by atoms with Crippen LogP contribution in [0.1, 0.15) is 43.9 Å². The van der Waals surface area contributed by atoms with Crippen LogP contribution in [0.25, 0.3) is 0 Å². The maximum absolute atomic E-state index is 12.7. The first-order valence-electron chi connectivity index (χ1n) is 8.62. The molecule has 6 heteroatoms. The topological polar surface area (TPSA) is 86.7 Å². The summed E-state index contributed by atoms with van der Waals surface area (Å²) in [6.45, 7) is 6.17. The Bertz CT molecular complexity index is 641. The molecule has 2 rings (SSSR count). The highest BCUT2D eigenvalue weighted by Crippen LogP contribution is 2.26. The quantitative estimate of drug-likeness (QED) is 0.855. The van der Waals surface area contributed by atoms with E-state index < -0.39 is 11.9 Å². The number of nitrogens with one attached hydrogen (secondary N) is 1. The van der Waals surface area contributed by atoms with Gasteiger partial charge in [0.2, 0.25) is 11.8 Å². The third-order valence-electron chi connectivity index (χ3n) is 4.81. The van der Waals surface area contributed by atoms with Crippen LogP contribution in [-0.2, 0) is 14.4 Å². The van der Waals surface area contributed by atoms with Crippen molar-refractivity contribution in [2.45, 2.75) is 39.7 Å². The molecule has 0 aromatic heterocycles. The van der Waals surface area contributed by atoms with Crippen molar-refractivity contribution in [1.29, 1.82) is 0 Å². The first kappa shape index (κ1) is 19.0. The number of amides is 2. The fourth-order valence-electron chi connectivity index (χ4n) is 3.34. The van der Waals surface area contributed by atoms with E-state index in [0.717, 1.165) is 11.1 Å². The molecule has 1 aromatic carbocycles. The molecule has 0 radical (unpaired) electrons. The minimum absolute atomic E-state index is 0.0602. The molecule has 1 aromatic rings. The Morgan fingerprint density at radius 1 is 1.28 bits per heavy atom. The van der Waals surface area contributed by atoms with Crippen LogP contribution in [0.15, 0.2) is 24.3 Å². The summed E-state index contributed by atoms with van der Waals surface area (Å²) >= 11 is 0. The highest BCUT2D eigenvalue weighted by molar-refractivity contribution is 5.80. The second kappa shape index (κ2) is 8.14. The monoisotopic (exact) mass is 346 g/mol. The van der Waals surface area contributed by atoms with E-state index in [1.807, 2.05) is 38.1 Å². The van der Waals surface area contributed by atoms with Gasteiger partial charge < -0.3 is 15.3 Å². The van der Waals surface area contributed by atoms with Gasteiger partial charge in [-0.2, -0.15) is 0 Å². The number of carboxylic acids is 1. The summed E-state index contributed by atoms with van der Waals surface area (Å²) in [5.41, 5.74) is 2.00. The minimum Gasteiger partial charge on any atom is -0.481 e.